The van der Waals surface area contributed by atoms with Gasteiger partial charge in [-0.25, -0.2) is 4.68 Å². The molecular weight excluding hydrogens is 362 g/mol. The van der Waals surface area contributed by atoms with Crippen LogP contribution in [-0.2, 0) is 0 Å². The maximum atomic E-state index is 13.5. The molecule has 0 spiro atoms. The fraction of sp³-hybridized carbons (Fsp3) is 0. The summed E-state index contributed by atoms with van der Waals surface area (Å²) in [5.41, 5.74) is 2.55. The number of aromatic nitrogens is 3. The van der Waals surface area contributed by atoms with Crippen LogP contribution in [0.3, 0.4) is 0 Å². The van der Waals surface area contributed by atoms with Crippen LogP contribution in [0.5, 0.6) is 5.75 Å². The molecule has 140 valence electrons. The zero-order chi connectivity index (χ0) is 19.8. The highest BCUT2D eigenvalue weighted by atomic mass is 16.3. The van der Waals surface area contributed by atoms with E-state index in [1.165, 1.54) is 0 Å². The van der Waals surface area contributed by atoms with Crippen molar-refractivity contribution in [3.63, 3.8) is 0 Å². The number of hydrogen-bond acceptors (Lipinski definition) is 3. The summed E-state index contributed by atoms with van der Waals surface area (Å²) < 4.78 is 3.31. The van der Waals surface area contributed by atoms with Gasteiger partial charge in [0.25, 0.3) is 5.56 Å². The van der Waals surface area contributed by atoms with E-state index in [1.54, 1.807) is 27.6 Å². The van der Waals surface area contributed by atoms with E-state index in [-0.39, 0.29) is 16.9 Å². The van der Waals surface area contributed by atoms with E-state index in [0.29, 0.717) is 16.6 Å². The van der Waals surface area contributed by atoms with Crippen LogP contribution in [-0.4, -0.2) is 19.5 Å². The predicted octanol–water partition coefficient (Wildman–Crippen LogP) is 4.55. The van der Waals surface area contributed by atoms with E-state index in [2.05, 4.69) is 5.10 Å². The van der Waals surface area contributed by atoms with Crippen LogP contribution in [0.4, 0.5) is 0 Å². The molecule has 0 unspecified atom stereocenters. The molecule has 5 rings (SSSR count). The van der Waals surface area contributed by atoms with Crippen LogP contribution in [0.2, 0.25) is 0 Å². The average molecular weight is 379 g/mol. The summed E-state index contributed by atoms with van der Waals surface area (Å²) in [6.45, 7) is 0. The lowest BCUT2D eigenvalue weighted by molar-refractivity contribution is 0.482. The van der Waals surface area contributed by atoms with Crippen molar-refractivity contribution >= 4 is 10.9 Å². The van der Waals surface area contributed by atoms with Crippen molar-refractivity contribution in [2.24, 2.45) is 0 Å². The van der Waals surface area contributed by atoms with Crippen molar-refractivity contribution in [2.75, 3.05) is 0 Å². The van der Waals surface area contributed by atoms with Crippen molar-refractivity contribution < 1.29 is 5.11 Å². The molecule has 5 nitrogen and oxygen atoms in total. The Hall–Kier alpha value is -4.12. The number of rotatable bonds is 3. The fourth-order valence-electron chi connectivity index (χ4n) is 3.57. The highest BCUT2D eigenvalue weighted by molar-refractivity contribution is 5.92. The Morgan fingerprint density at radius 2 is 1.34 bits per heavy atom. The van der Waals surface area contributed by atoms with Crippen molar-refractivity contribution in [1.82, 2.24) is 14.3 Å². The topological polar surface area (TPSA) is 60.1 Å². The van der Waals surface area contributed by atoms with Crippen LogP contribution >= 0.6 is 0 Å². The second kappa shape index (κ2) is 6.80. The number of pyridine rings is 1. The first-order valence-electron chi connectivity index (χ1n) is 9.27. The van der Waals surface area contributed by atoms with Crippen LogP contribution in [0, 0.1) is 0 Å². The number of para-hydroxylation sites is 3. The molecule has 1 N–H and O–H groups in total. The van der Waals surface area contributed by atoms with Gasteiger partial charge in [0.1, 0.15) is 17.0 Å². The summed E-state index contributed by atoms with van der Waals surface area (Å²) in [6, 6.07) is 28.1. The van der Waals surface area contributed by atoms with Crippen molar-refractivity contribution in [3.8, 4) is 28.4 Å². The quantitative estimate of drug-likeness (QED) is 0.500. The van der Waals surface area contributed by atoms with E-state index in [4.69, 9.17) is 0 Å². The van der Waals surface area contributed by atoms with Gasteiger partial charge < -0.3 is 5.11 Å². The highest BCUT2D eigenvalue weighted by Crippen LogP contribution is 2.33. The molecule has 0 aliphatic heterocycles. The average Bonchev–Trinajstić information content (AvgIpc) is 3.25. The molecular formula is C24H17N3O2. The molecule has 2 heterocycles. The molecule has 0 bridgehead atoms. The van der Waals surface area contributed by atoms with E-state index < -0.39 is 0 Å². The van der Waals surface area contributed by atoms with Crippen LogP contribution in [0.15, 0.2) is 102 Å². The Balaban J connectivity index is 1.80. The fourth-order valence-corrected chi connectivity index (χ4v) is 3.57. The minimum atomic E-state index is -0.314. The third-order valence-corrected chi connectivity index (χ3v) is 4.93. The summed E-state index contributed by atoms with van der Waals surface area (Å²) in [6.07, 6.45) is 1.78. The summed E-state index contributed by atoms with van der Waals surface area (Å²) in [4.78, 5) is 13.5. The Bertz CT molecular complexity index is 1370. The normalized spacial score (nSPS) is 11.0. The molecule has 0 saturated heterocycles. The lowest BCUT2D eigenvalue weighted by Gasteiger charge is -2.14. The molecule has 0 saturated carbocycles. The van der Waals surface area contributed by atoms with Crippen LogP contribution < -0.4 is 5.56 Å². The molecule has 5 aromatic rings. The molecule has 0 aliphatic rings. The summed E-state index contributed by atoms with van der Waals surface area (Å²) in [5.74, 6) is -0.0592. The van der Waals surface area contributed by atoms with Crippen molar-refractivity contribution in [1.29, 1.82) is 0 Å². The predicted molar refractivity (Wildman–Crippen MR) is 114 cm³/mol. The third kappa shape index (κ3) is 2.80. The van der Waals surface area contributed by atoms with Crippen molar-refractivity contribution in [3.05, 3.63) is 108 Å². The Morgan fingerprint density at radius 3 is 2.07 bits per heavy atom. The van der Waals surface area contributed by atoms with E-state index in [0.717, 1.165) is 11.4 Å². The lowest BCUT2D eigenvalue weighted by Crippen LogP contribution is -2.21. The third-order valence-electron chi connectivity index (χ3n) is 4.93. The smallest absolute Gasteiger partial charge is 0.268 e. The van der Waals surface area contributed by atoms with Gasteiger partial charge in [0, 0.05) is 17.3 Å². The minimum absolute atomic E-state index is 0.0592. The van der Waals surface area contributed by atoms with E-state index in [9.17, 15) is 9.90 Å². The van der Waals surface area contributed by atoms with Crippen LogP contribution in [0.1, 0.15) is 0 Å². The summed E-state index contributed by atoms with van der Waals surface area (Å²) in [5, 5.41) is 16.1. The number of fused-ring (bicyclic) bond motifs is 1. The van der Waals surface area contributed by atoms with Gasteiger partial charge in [-0.1, -0.05) is 48.5 Å². The molecule has 0 aliphatic carbocycles. The van der Waals surface area contributed by atoms with Crippen molar-refractivity contribution in [2.45, 2.75) is 0 Å². The Morgan fingerprint density at radius 1 is 0.724 bits per heavy atom. The first kappa shape index (κ1) is 17.0. The molecule has 0 atom stereocenters. The second-order valence-electron chi connectivity index (χ2n) is 6.70. The van der Waals surface area contributed by atoms with Gasteiger partial charge in [-0.05, 0) is 42.5 Å². The summed E-state index contributed by atoms with van der Waals surface area (Å²) in [7, 11) is 0. The maximum Gasteiger partial charge on any atom is 0.268 e. The largest absolute Gasteiger partial charge is 0.506 e. The number of aromatic hydroxyl groups is 1. The van der Waals surface area contributed by atoms with E-state index >= 15 is 0 Å². The Kier molecular flexibility index (Phi) is 3.99. The Labute approximate surface area is 166 Å². The maximum absolute atomic E-state index is 13.5. The molecule has 3 aromatic carbocycles. The van der Waals surface area contributed by atoms with Gasteiger partial charge in [-0.15, -0.1) is 0 Å². The lowest BCUT2D eigenvalue weighted by atomic mass is 10.1. The first-order chi connectivity index (χ1) is 14.2. The minimum Gasteiger partial charge on any atom is -0.506 e. The van der Waals surface area contributed by atoms with Gasteiger partial charge >= 0.3 is 0 Å². The molecule has 5 heteroatoms. The monoisotopic (exact) mass is 379 g/mol. The highest BCUT2D eigenvalue weighted by Gasteiger charge is 2.20. The van der Waals surface area contributed by atoms with Gasteiger partial charge in [-0.3, -0.25) is 9.36 Å². The van der Waals surface area contributed by atoms with Gasteiger partial charge in [0.2, 0.25) is 0 Å². The zero-order valence-corrected chi connectivity index (χ0v) is 15.4. The first-order valence-corrected chi connectivity index (χ1v) is 9.27. The SMILES string of the molecule is O=c1c(-c2ccn(-c3ccccc3)n2)c(O)c2ccccc2n1-c1ccccc1. The summed E-state index contributed by atoms with van der Waals surface area (Å²) >= 11 is 0. The number of hydrogen-bond donors (Lipinski definition) is 1. The van der Waals surface area contributed by atoms with Gasteiger partial charge in [0.15, 0.2) is 0 Å². The second-order valence-corrected chi connectivity index (χ2v) is 6.70. The van der Waals surface area contributed by atoms with Gasteiger partial charge in [-0.2, -0.15) is 5.10 Å². The molecule has 29 heavy (non-hydrogen) atoms. The molecule has 0 fully saturated rings. The number of benzene rings is 3. The van der Waals surface area contributed by atoms with Crippen LogP contribution in [0.25, 0.3) is 33.5 Å². The molecule has 0 amide bonds. The van der Waals surface area contributed by atoms with E-state index in [1.807, 2.05) is 78.9 Å². The molecule has 0 radical (unpaired) electrons. The van der Waals surface area contributed by atoms with Gasteiger partial charge in [0.05, 0.1) is 11.2 Å². The standard InChI is InChI=1S/C24H17N3O2/c28-23-19-13-7-8-14-21(19)27(18-11-5-2-6-12-18)24(29)22(23)20-15-16-26(25-20)17-9-3-1-4-10-17/h1-16,28H. The zero-order valence-electron chi connectivity index (χ0n) is 15.4. The molecule has 2 aromatic heterocycles. The number of nitrogens with zero attached hydrogens (tertiary/aromatic N) is 3.